The Balaban J connectivity index is 1.81. The molecule has 0 radical (unpaired) electrons. The average molecular weight is 342 g/mol. The lowest BCUT2D eigenvalue weighted by Gasteiger charge is -2.21. The Morgan fingerprint density at radius 1 is 1.04 bits per heavy atom. The lowest BCUT2D eigenvalue weighted by molar-refractivity contribution is 0.726. The van der Waals surface area contributed by atoms with Crippen LogP contribution < -0.4 is 4.90 Å². The summed E-state index contributed by atoms with van der Waals surface area (Å²) in [5.41, 5.74) is 2.91. The minimum Gasteiger partial charge on any atom is -0.356 e. The molecule has 1 aliphatic heterocycles. The number of rotatable bonds is 2. The van der Waals surface area contributed by atoms with Gasteiger partial charge in [0, 0.05) is 18.1 Å². The number of nitrogens with zero attached hydrogens (tertiary/aromatic N) is 5. The first kappa shape index (κ1) is 15.4. The summed E-state index contributed by atoms with van der Waals surface area (Å²) < 4.78 is 1.88. The zero-order valence-electron chi connectivity index (χ0n) is 13.7. The topological polar surface area (TPSA) is 46.8 Å². The second-order valence-corrected chi connectivity index (χ2v) is 6.76. The summed E-state index contributed by atoms with van der Waals surface area (Å²) in [5.74, 6) is 1.000. The molecule has 1 fully saturated rings. The third-order valence-electron chi connectivity index (χ3n) is 4.64. The van der Waals surface area contributed by atoms with Crippen LogP contribution in [-0.4, -0.2) is 32.8 Å². The van der Waals surface area contributed by atoms with Crippen LogP contribution in [0.25, 0.3) is 16.7 Å². The largest absolute Gasteiger partial charge is 0.356 e. The van der Waals surface area contributed by atoms with E-state index in [1.807, 2.05) is 36.0 Å². The Morgan fingerprint density at radius 2 is 1.83 bits per heavy atom. The minimum absolute atomic E-state index is 0.729. The van der Waals surface area contributed by atoms with Crippen molar-refractivity contribution in [3.8, 4) is 5.69 Å². The molecule has 2 aromatic heterocycles. The van der Waals surface area contributed by atoms with E-state index >= 15 is 0 Å². The van der Waals surface area contributed by atoms with Crippen molar-refractivity contribution in [2.75, 3.05) is 18.0 Å². The molecular weight excluding hydrogens is 322 g/mol. The lowest BCUT2D eigenvalue weighted by Crippen LogP contribution is -2.25. The van der Waals surface area contributed by atoms with E-state index in [1.165, 1.54) is 25.7 Å². The molecule has 1 aliphatic rings. The summed E-state index contributed by atoms with van der Waals surface area (Å²) in [6, 6.07) is 5.81. The van der Waals surface area contributed by atoms with Gasteiger partial charge in [-0.1, -0.05) is 24.4 Å². The van der Waals surface area contributed by atoms with Gasteiger partial charge in [-0.15, -0.1) is 0 Å². The Hall–Kier alpha value is -2.14. The van der Waals surface area contributed by atoms with Crippen LogP contribution in [0, 0.1) is 6.92 Å². The Kier molecular flexibility index (Phi) is 4.10. The first-order chi connectivity index (χ1) is 11.7. The fourth-order valence-electron chi connectivity index (χ4n) is 3.40. The monoisotopic (exact) mass is 341 g/mol. The smallest absolute Gasteiger partial charge is 0.168 e. The molecule has 0 spiro atoms. The van der Waals surface area contributed by atoms with Crippen molar-refractivity contribution < 1.29 is 0 Å². The third kappa shape index (κ3) is 2.73. The van der Waals surface area contributed by atoms with Crippen LogP contribution >= 0.6 is 11.6 Å². The van der Waals surface area contributed by atoms with Crippen LogP contribution in [-0.2, 0) is 0 Å². The van der Waals surface area contributed by atoms with Gasteiger partial charge in [-0.3, -0.25) is 0 Å². The number of fused-ring (bicyclic) bond motifs is 1. The minimum atomic E-state index is 0.729. The Labute approximate surface area is 146 Å². The normalized spacial score (nSPS) is 15.7. The van der Waals surface area contributed by atoms with Crippen molar-refractivity contribution in [1.29, 1.82) is 0 Å². The van der Waals surface area contributed by atoms with Crippen LogP contribution in [0.15, 0.2) is 30.7 Å². The molecule has 0 atom stereocenters. The molecule has 24 heavy (non-hydrogen) atoms. The first-order valence-electron chi connectivity index (χ1n) is 8.44. The van der Waals surface area contributed by atoms with Crippen molar-refractivity contribution in [2.24, 2.45) is 0 Å². The number of aryl methyl sites for hydroxylation is 1. The quantitative estimate of drug-likeness (QED) is 0.702. The highest BCUT2D eigenvalue weighted by molar-refractivity contribution is 6.30. The van der Waals surface area contributed by atoms with E-state index in [-0.39, 0.29) is 0 Å². The van der Waals surface area contributed by atoms with Crippen molar-refractivity contribution in [3.63, 3.8) is 0 Å². The lowest BCUT2D eigenvalue weighted by atomic mass is 10.2. The number of halogens is 1. The van der Waals surface area contributed by atoms with Crippen LogP contribution in [0.5, 0.6) is 0 Å². The first-order valence-corrected chi connectivity index (χ1v) is 8.82. The van der Waals surface area contributed by atoms with E-state index < -0.39 is 0 Å². The van der Waals surface area contributed by atoms with Crippen molar-refractivity contribution in [3.05, 3.63) is 41.3 Å². The predicted molar refractivity (Wildman–Crippen MR) is 97.1 cm³/mol. The van der Waals surface area contributed by atoms with Crippen LogP contribution in [0.1, 0.15) is 31.2 Å². The predicted octanol–water partition coefficient (Wildman–Crippen LogP) is 4.16. The third-order valence-corrected chi connectivity index (χ3v) is 4.87. The van der Waals surface area contributed by atoms with E-state index in [0.717, 1.165) is 46.2 Å². The van der Waals surface area contributed by atoms with Gasteiger partial charge in [-0.25, -0.2) is 14.6 Å². The second kappa shape index (κ2) is 6.40. The van der Waals surface area contributed by atoms with Gasteiger partial charge in [0.15, 0.2) is 5.65 Å². The van der Waals surface area contributed by atoms with E-state index in [2.05, 4.69) is 20.0 Å². The standard InChI is InChI=1S/C18H20ClN5/c1-13-10-14(19)6-7-16(13)24-18-15(11-22-24)17(20-12-21-18)23-8-4-2-3-5-9-23/h6-7,10-12H,2-5,8-9H2,1H3. The van der Waals surface area contributed by atoms with Gasteiger partial charge in [-0.05, 0) is 43.5 Å². The van der Waals surface area contributed by atoms with Gasteiger partial charge >= 0.3 is 0 Å². The van der Waals surface area contributed by atoms with Gasteiger partial charge in [0.25, 0.3) is 0 Å². The van der Waals surface area contributed by atoms with Gasteiger partial charge in [0.1, 0.15) is 12.1 Å². The molecule has 3 heterocycles. The van der Waals surface area contributed by atoms with E-state index in [0.29, 0.717) is 0 Å². The number of hydrogen-bond acceptors (Lipinski definition) is 4. The van der Waals surface area contributed by atoms with Crippen molar-refractivity contribution in [1.82, 2.24) is 19.7 Å². The molecule has 0 N–H and O–H groups in total. The molecular formula is C18H20ClN5. The molecule has 124 valence electrons. The maximum atomic E-state index is 6.08. The summed E-state index contributed by atoms with van der Waals surface area (Å²) in [4.78, 5) is 11.4. The number of aromatic nitrogens is 4. The fourth-order valence-corrected chi connectivity index (χ4v) is 3.63. The van der Waals surface area contributed by atoms with E-state index in [4.69, 9.17) is 11.6 Å². The zero-order valence-corrected chi connectivity index (χ0v) is 14.5. The summed E-state index contributed by atoms with van der Waals surface area (Å²) in [7, 11) is 0. The summed E-state index contributed by atoms with van der Waals surface area (Å²) >= 11 is 6.08. The molecule has 1 aromatic carbocycles. The zero-order chi connectivity index (χ0) is 16.5. The highest BCUT2D eigenvalue weighted by Crippen LogP contribution is 2.28. The molecule has 0 saturated carbocycles. The molecule has 1 saturated heterocycles. The van der Waals surface area contributed by atoms with Gasteiger partial charge in [0.2, 0.25) is 0 Å². The van der Waals surface area contributed by atoms with Crippen LogP contribution in [0.2, 0.25) is 5.02 Å². The molecule has 0 unspecified atom stereocenters. The van der Waals surface area contributed by atoms with Crippen LogP contribution in [0.3, 0.4) is 0 Å². The summed E-state index contributed by atoms with van der Waals surface area (Å²) in [6.45, 7) is 4.14. The molecule has 0 aliphatic carbocycles. The molecule has 3 aromatic rings. The van der Waals surface area contributed by atoms with E-state index in [9.17, 15) is 0 Å². The molecule has 5 nitrogen and oxygen atoms in total. The summed E-state index contributed by atoms with van der Waals surface area (Å²) in [6.07, 6.45) is 8.56. The molecule has 6 heteroatoms. The Bertz CT molecular complexity index is 865. The molecule has 4 rings (SSSR count). The van der Waals surface area contributed by atoms with E-state index in [1.54, 1.807) is 6.33 Å². The van der Waals surface area contributed by atoms with Gasteiger partial charge < -0.3 is 4.90 Å². The Morgan fingerprint density at radius 3 is 2.58 bits per heavy atom. The SMILES string of the molecule is Cc1cc(Cl)ccc1-n1ncc2c(N3CCCCCC3)ncnc21. The molecule has 0 amide bonds. The number of hydrogen-bond donors (Lipinski definition) is 0. The number of anilines is 1. The average Bonchev–Trinajstić information content (AvgIpc) is 2.82. The number of benzene rings is 1. The maximum absolute atomic E-state index is 6.08. The highest BCUT2D eigenvalue weighted by Gasteiger charge is 2.18. The second-order valence-electron chi connectivity index (χ2n) is 6.32. The molecule has 0 bridgehead atoms. The van der Waals surface area contributed by atoms with Crippen molar-refractivity contribution in [2.45, 2.75) is 32.6 Å². The summed E-state index contributed by atoms with van der Waals surface area (Å²) in [5, 5.41) is 6.32. The maximum Gasteiger partial charge on any atom is 0.168 e. The highest BCUT2D eigenvalue weighted by atomic mass is 35.5. The van der Waals surface area contributed by atoms with Gasteiger partial charge in [-0.2, -0.15) is 5.10 Å². The fraction of sp³-hybridized carbons (Fsp3) is 0.389. The van der Waals surface area contributed by atoms with Crippen molar-refractivity contribution >= 4 is 28.5 Å². The van der Waals surface area contributed by atoms with Gasteiger partial charge in [0.05, 0.1) is 17.3 Å². The van der Waals surface area contributed by atoms with Crippen LogP contribution in [0.4, 0.5) is 5.82 Å².